The number of anilines is 2. The molecule has 1 N–H and O–H groups in total. The van der Waals surface area contributed by atoms with E-state index >= 15 is 0 Å². The van der Waals surface area contributed by atoms with Gasteiger partial charge in [-0.2, -0.15) is 9.37 Å². The number of aromatic nitrogens is 3. The highest BCUT2D eigenvalue weighted by molar-refractivity contribution is 14.1. The molecule has 226 valence electrons. The summed E-state index contributed by atoms with van der Waals surface area (Å²) in [7, 11) is 3.32. The smallest absolute Gasteiger partial charge is 0.311 e. The first kappa shape index (κ1) is 30.3. The molecular weight excluding hydrogens is 694 g/mol. The average molecular weight is 725 g/mol. The second-order valence-corrected chi connectivity index (χ2v) is 12.0. The topological polar surface area (TPSA) is 75.6 Å². The molecule has 0 amide bonds. The quantitative estimate of drug-likeness (QED) is 0.133. The number of methoxy groups -OCH3 is 2. The Labute approximate surface area is 274 Å². The van der Waals surface area contributed by atoms with E-state index in [9.17, 15) is 4.39 Å². The van der Waals surface area contributed by atoms with Crippen molar-refractivity contribution in [1.82, 2.24) is 20.3 Å². The number of halogens is 3. The normalized spacial score (nSPS) is 13.2. The fourth-order valence-electron chi connectivity index (χ4n) is 5.32. The van der Waals surface area contributed by atoms with E-state index < -0.39 is 6.08 Å². The standard InChI is InChI=1S/C33H31ClFIN6O2/c1-43-23-7-3-21(4-8-23)19-42(20-22-5-9-24(44-2)10-6-22)30-12-11-28(36)31(39-30)25-18-29-26(17-27(25)34)32(40-33(35)38-29)41-15-13-37-14-16-41/h3-12,17-18,37H,13-16,19-20H2,1-2H3. The van der Waals surface area contributed by atoms with Crippen LogP contribution in [0.25, 0.3) is 22.2 Å². The molecule has 5 aromatic rings. The highest BCUT2D eigenvalue weighted by atomic mass is 127. The van der Waals surface area contributed by atoms with Crippen molar-refractivity contribution in [2.24, 2.45) is 0 Å². The van der Waals surface area contributed by atoms with Gasteiger partial charge in [-0.15, -0.1) is 0 Å². The van der Waals surface area contributed by atoms with Gasteiger partial charge < -0.3 is 24.6 Å². The minimum absolute atomic E-state index is 0.488. The van der Waals surface area contributed by atoms with Crippen molar-refractivity contribution in [3.05, 3.63) is 98.6 Å². The van der Waals surface area contributed by atoms with Crippen LogP contribution in [0.2, 0.25) is 5.02 Å². The van der Waals surface area contributed by atoms with Gasteiger partial charge in [-0.05, 0) is 82.2 Å². The van der Waals surface area contributed by atoms with Crippen LogP contribution in [0.4, 0.5) is 16.0 Å². The minimum atomic E-state index is -0.763. The van der Waals surface area contributed by atoms with Gasteiger partial charge in [0, 0.05) is 53.8 Å². The fraction of sp³-hybridized carbons (Fsp3) is 0.242. The van der Waals surface area contributed by atoms with Crippen LogP contribution in [0.5, 0.6) is 11.5 Å². The van der Waals surface area contributed by atoms with Crippen LogP contribution in [0, 0.1) is 9.65 Å². The van der Waals surface area contributed by atoms with Crippen LogP contribution in [0.15, 0.2) is 72.8 Å². The maximum atomic E-state index is 14.7. The zero-order chi connectivity index (χ0) is 30.6. The van der Waals surface area contributed by atoms with Crippen molar-refractivity contribution in [3.8, 4) is 22.8 Å². The summed E-state index contributed by atoms with van der Waals surface area (Å²) in [4.78, 5) is 17.7. The largest absolute Gasteiger partial charge is 0.497 e. The van der Waals surface area contributed by atoms with Crippen molar-refractivity contribution in [2.75, 3.05) is 50.2 Å². The summed E-state index contributed by atoms with van der Waals surface area (Å²) in [6.45, 7) is 4.28. The molecule has 1 saturated heterocycles. The fourth-order valence-corrected chi connectivity index (χ4v) is 6.17. The Morgan fingerprint density at radius 1 is 0.864 bits per heavy atom. The van der Waals surface area contributed by atoms with Gasteiger partial charge in [-0.25, -0.2) is 9.97 Å². The lowest BCUT2D eigenvalue weighted by Gasteiger charge is -2.29. The van der Waals surface area contributed by atoms with Gasteiger partial charge in [-0.1, -0.05) is 35.9 Å². The summed E-state index contributed by atoms with van der Waals surface area (Å²) in [5.74, 6) is 2.94. The first-order chi connectivity index (χ1) is 21.4. The van der Waals surface area contributed by atoms with E-state index in [1.54, 1.807) is 14.2 Å². The third kappa shape index (κ3) is 6.67. The molecule has 8 nitrogen and oxygen atoms in total. The number of benzene rings is 3. The number of nitrogens with one attached hydrogen (secondary N) is 1. The molecule has 2 aromatic heterocycles. The van der Waals surface area contributed by atoms with Crippen molar-refractivity contribution in [2.45, 2.75) is 13.1 Å². The van der Waals surface area contributed by atoms with Gasteiger partial charge in [0.2, 0.25) is 0 Å². The third-order valence-electron chi connectivity index (χ3n) is 7.63. The molecular formula is C33H31ClFIN6O2. The highest BCUT2D eigenvalue weighted by Gasteiger charge is 2.21. The van der Waals surface area contributed by atoms with E-state index in [0.29, 0.717) is 46.1 Å². The van der Waals surface area contributed by atoms with E-state index in [2.05, 4.69) is 71.9 Å². The Morgan fingerprint density at radius 3 is 2.07 bits per heavy atom. The van der Waals surface area contributed by atoms with Crippen LogP contribution >= 0.6 is 34.2 Å². The molecule has 0 unspecified atom stereocenters. The summed E-state index contributed by atoms with van der Waals surface area (Å²) < 4.78 is 26.3. The molecule has 1 aliphatic heterocycles. The monoisotopic (exact) mass is 724 g/mol. The first-order valence-corrected chi connectivity index (χ1v) is 15.7. The molecule has 3 heterocycles. The van der Waals surface area contributed by atoms with Gasteiger partial charge in [0.15, 0.2) is 0 Å². The Hall–Kier alpha value is -3.74. The molecule has 0 spiro atoms. The van der Waals surface area contributed by atoms with Crippen molar-refractivity contribution < 1.29 is 13.9 Å². The minimum Gasteiger partial charge on any atom is -0.497 e. The Balaban J connectivity index is 1.40. The van der Waals surface area contributed by atoms with Crippen LogP contribution in [0.3, 0.4) is 0 Å². The highest BCUT2D eigenvalue weighted by Crippen LogP contribution is 2.37. The maximum Gasteiger partial charge on any atom is 0.311 e. The summed E-state index contributed by atoms with van der Waals surface area (Å²) in [5.41, 5.74) is 4.09. The van der Waals surface area contributed by atoms with Crippen molar-refractivity contribution in [1.29, 1.82) is 0 Å². The molecule has 0 bridgehead atoms. The van der Waals surface area contributed by atoms with Gasteiger partial charge >= 0.3 is 6.08 Å². The number of pyridine rings is 1. The molecule has 0 aliphatic carbocycles. The third-order valence-corrected chi connectivity index (χ3v) is 8.81. The average Bonchev–Trinajstić information content (AvgIpc) is 3.05. The number of fused-ring (bicyclic) bond motifs is 1. The zero-order valence-electron chi connectivity index (χ0n) is 24.4. The molecule has 0 radical (unpaired) electrons. The number of ether oxygens (including phenoxy) is 2. The van der Waals surface area contributed by atoms with Crippen LogP contribution in [-0.4, -0.2) is 55.4 Å². The molecule has 11 heteroatoms. The lowest BCUT2D eigenvalue weighted by Crippen LogP contribution is -2.44. The predicted molar refractivity (Wildman–Crippen MR) is 181 cm³/mol. The molecule has 6 rings (SSSR count). The number of hydrogen-bond acceptors (Lipinski definition) is 8. The van der Waals surface area contributed by atoms with Gasteiger partial charge in [0.1, 0.15) is 23.1 Å². The molecule has 0 saturated carbocycles. The maximum absolute atomic E-state index is 14.7. The predicted octanol–water partition coefficient (Wildman–Crippen LogP) is 6.72. The number of hydrogen-bond donors (Lipinski definition) is 1. The summed E-state index contributed by atoms with van der Waals surface area (Å²) in [6, 6.07) is 23.7. The van der Waals surface area contributed by atoms with Crippen LogP contribution < -0.4 is 24.6 Å². The second-order valence-electron chi connectivity index (χ2n) is 10.5. The van der Waals surface area contributed by atoms with E-state index in [1.165, 1.54) is 0 Å². The lowest BCUT2D eigenvalue weighted by molar-refractivity contribution is 0.414. The lowest BCUT2D eigenvalue weighted by atomic mass is 10.1. The second kappa shape index (κ2) is 13.5. The van der Waals surface area contributed by atoms with Gasteiger partial charge in [0.05, 0.1) is 30.5 Å². The number of piperazine rings is 1. The molecule has 44 heavy (non-hydrogen) atoms. The molecule has 0 atom stereocenters. The molecule has 1 aliphatic rings. The summed E-state index contributed by atoms with van der Waals surface area (Å²) >= 11 is 9.21. The number of nitrogens with zero attached hydrogens (tertiary/aromatic N) is 5. The Morgan fingerprint density at radius 2 is 1.48 bits per heavy atom. The van der Waals surface area contributed by atoms with Gasteiger partial charge in [-0.3, -0.25) is 0 Å². The first-order valence-electron chi connectivity index (χ1n) is 14.2. The van der Waals surface area contributed by atoms with Crippen molar-refractivity contribution in [3.63, 3.8) is 0 Å². The SMILES string of the molecule is COc1ccc(CN(Cc2ccc(OC)cc2)c2ccc(I)c(-c3cc4nc(F)nc(N5CCNCC5)c4cc3Cl)n2)cc1. The van der Waals surface area contributed by atoms with E-state index in [-0.39, 0.29) is 0 Å². The van der Waals surface area contributed by atoms with E-state index in [0.717, 1.165) is 58.2 Å². The van der Waals surface area contributed by atoms with Crippen molar-refractivity contribution >= 4 is 56.7 Å². The zero-order valence-corrected chi connectivity index (χ0v) is 27.3. The van der Waals surface area contributed by atoms with Gasteiger partial charge in [0.25, 0.3) is 0 Å². The number of rotatable bonds is 9. The van der Waals surface area contributed by atoms with Crippen LogP contribution in [-0.2, 0) is 13.1 Å². The molecule has 1 fully saturated rings. The Bertz CT molecular complexity index is 1720. The van der Waals surface area contributed by atoms with E-state index in [1.807, 2.05) is 48.5 Å². The van der Waals surface area contributed by atoms with E-state index in [4.69, 9.17) is 26.1 Å². The Kier molecular flexibility index (Phi) is 9.29. The molecule has 3 aromatic carbocycles. The summed E-state index contributed by atoms with van der Waals surface area (Å²) in [5, 5.41) is 4.54. The van der Waals surface area contributed by atoms with Crippen LogP contribution in [0.1, 0.15) is 11.1 Å². The summed E-state index contributed by atoms with van der Waals surface area (Å²) in [6.07, 6.45) is -0.763.